The molecule has 1 aliphatic heterocycles. The summed E-state index contributed by atoms with van der Waals surface area (Å²) in [6.07, 6.45) is 4.59. The molecule has 0 bridgehead atoms. The van der Waals surface area contributed by atoms with Crippen molar-refractivity contribution < 1.29 is 13.9 Å². The molecule has 2 aromatic rings. The van der Waals surface area contributed by atoms with Crippen molar-refractivity contribution >= 4 is 23.0 Å². The van der Waals surface area contributed by atoms with E-state index in [9.17, 15) is 14.1 Å². The monoisotopic (exact) mass is 468 g/mol. The number of amides is 1. The van der Waals surface area contributed by atoms with Gasteiger partial charge in [0.15, 0.2) is 0 Å². The zero-order chi connectivity index (χ0) is 23.8. The molecular weight excluding hydrogens is 435 g/mol. The first kappa shape index (κ1) is 24.1. The molecule has 0 unspecified atom stereocenters. The summed E-state index contributed by atoms with van der Waals surface area (Å²) in [6, 6.07) is 15.6. The van der Waals surface area contributed by atoms with Gasteiger partial charge in [-0.1, -0.05) is 18.2 Å². The number of carbonyl (C=O) groups is 1. The van der Waals surface area contributed by atoms with E-state index in [2.05, 4.69) is 27.5 Å². The second-order valence-electron chi connectivity index (χ2n) is 9.05. The summed E-state index contributed by atoms with van der Waals surface area (Å²) in [4.78, 5) is 27.8. The van der Waals surface area contributed by atoms with Crippen LogP contribution < -0.4 is 10.2 Å². The van der Waals surface area contributed by atoms with Gasteiger partial charge in [-0.05, 0) is 67.6 Å². The number of benzene rings is 2. The van der Waals surface area contributed by atoms with Crippen LogP contribution in [0.4, 0.5) is 21.5 Å². The van der Waals surface area contributed by atoms with E-state index in [1.807, 2.05) is 23.1 Å². The minimum atomic E-state index is -0.716. The molecule has 2 aromatic carbocycles. The van der Waals surface area contributed by atoms with Crippen molar-refractivity contribution in [1.29, 1.82) is 0 Å². The van der Waals surface area contributed by atoms with Crippen LogP contribution in [0.2, 0.25) is 0 Å². The number of rotatable bonds is 8. The summed E-state index contributed by atoms with van der Waals surface area (Å²) in [5.74, 6) is 0.0674. The Bertz CT molecular complexity index is 950. The molecule has 0 spiro atoms. The predicted molar refractivity (Wildman–Crippen MR) is 132 cm³/mol. The summed E-state index contributed by atoms with van der Waals surface area (Å²) >= 11 is 0. The third-order valence-electron chi connectivity index (χ3n) is 6.78. The van der Waals surface area contributed by atoms with Crippen molar-refractivity contribution in [2.45, 2.75) is 50.9 Å². The van der Waals surface area contributed by atoms with E-state index in [1.54, 1.807) is 18.2 Å². The smallest absolute Gasteiger partial charge is 0.248 e. The van der Waals surface area contributed by atoms with E-state index in [-0.39, 0.29) is 30.3 Å². The van der Waals surface area contributed by atoms with E-state index < -0.39 is 6.67 Å². The van der Waals surface area contributed by atoms with Crippen molar-refractivity contribution in [3.05, 3.63) is 59.0 Å². The predicted octanol–water partition coefficient (Wildman–Crippen LogP) is 5.03. The fourth-order valence-corrected chi connectivity index (χ4v) is 4.83. The van der Waals surface area contributed by atoms with Crippen molar-refractivity contribution in [3.8, 4) is 0 Å². The fourth-order valence-electron chi connectivity index (χ4n) is 4.83. The maximum absolute atomic E-state index is 13.1. The number of ether oxygens (including phenoxy) is 1. The summed E-state index contributed by atoms with van der Waals surface area (Å²) in [5.41, 5.74) is 2.45. The van der Waals surface area contributed by atoms with Crippen molar-refractivity contribution in [3.63, 3.8) is 0 Å². The molecule has 0 atom stereocenters. The Morgan fingerprint density at radius 2 is 1.82 bits per heavy atom. The summed E-state index contributed by atoms with van der Waals surface area (Å²) in [6.45, 7) is 2.68. The average molecular weight is 469 g/mol. The highest BCUT2D eigenvalue weighted by atomic mass is 19.1. The van der Waals surface area contributed by atoms with Gasteiger partial charge in [0.25, 0.3) is 0 Å². The Labute approximate surface area is 200 Å². The molecule has 1 saturated heterocycles. The van der Waals surface area contributed by atoms with Crippen LogP contribution in [0.1, 0.15) is 37.7 Å². The molecule has 2 aliphatic rings. The molecule has 2 fully saturated rings. The largest absolute Gasteiger partial charge is 0.382 e. The van der Waals surface area contributed by atoms with Gasteiger partial charge in [-0.25, -0.2) is 4.39 Å². The number of para-hydroxylation sites is 1. The highest BCUT2D eigenvalue weighted by molar-refractivity contribution is 5.77. The third-order valence-corrected chi connectivity index (χ3v) is 6.78. The maximum Gasteiger partial charge on any atom is 0.248 e. The molecule has 7 nitrogen and oxygen atoms in total. The van der Waals surface area contributed by atoms with E-state index in [1.165, 1.54) is 5.69 Å². The van der Waals surface area contributed by atoms with E-state index in [4.69, 9.17) is 4.74 Å². The number of alkyl halides is 1. The number of anilines is 2. The fraction of sp³-hybridized carbons (Fsp3) is 0.500. The normalized spacial score (nSPS) is 21.1. The third kappa shape index (κ3) is 6.32. The van der Waals surface area contributed by atoms with Crippen LogP contribution in [0.25, 0.3) is 0 Å². The maximum atomic E-state index is 13.1. The van der Waals surface area contributed by atoms with Gasteiger partial charge in [0, 0.05) is 49.2 Å². The molecule has 0 aromatic heterocycles. The minimum Gasteiger partial charge on any atom is -0.382 e. The number of nitroso groups, excluding NO2 is 1. The number of nitrogens with zero attached hydrogens (tertiary/aromatic N) is 3. The van der Waals surface area contributed by atoms with Crippen LogP contribution in [-0.2, 0) is 16.2 Å². The van der Waals surface area contributed by atoms with Crippen LogP contribution in [0.15, 0.2) is 53.7 Å². The quantitative estimate of drug-likeness (QED) is 0.550. The second-order valence-corrected chi connectivity index (χ2v) is 9.05. The SMILES string of the molecule is O=Nc1ccc(NC2CCC(OCC(=O)N3CCCN(c4ccccc4)CC3)CC2)cc1CF. The van der Waals surface area contributed by atoms with Gasteiger partial charge in [0.05, 0.1) is 6.10 Å². The van der Waals surface area contributed by atoms with E-state index in [0.29, 0.717) is 12.1 Å². The molecule has 34 heavy (non-hydrogen) atoms. The molecule has 1 heterocycles. The number of nitrogens with one attached hydrogen (secondary N) is 1. The summed E-state index contributed by atoms with van der Waals surface area (Å²) < 4.78 is 19.1. The van der Waals surface area contributed by atoms with Gasteiger partial charge in [-0.2, -0.15) is 0 Å². The van der Waals surface area contributed by atoms with Gasteiger partial charge in [-0.15, -0.1) is 4.91 Å². The highest BCUT2D eigenvalue weighted by Crippen LogP contribution is 2.28. The second kappa shape index (κ2) is 11.9. The van der Waals surface area contributed by atoms with Gasteiger partial charge < -0.3 is 19.9 Å². The number of hydrogen-bond acceptors (Lipinski definition) is 6. The summed E-state index contributed by atoms with van der Waals surface area (Å²) in [7, 11) is 0. The van der Waals surface area contributed by atoms with Crippen LogP contribution in [-0.4, -0.2) is 55.7 Å². The number of halogens is 1. The number of hydrogen-bond donors (Lipinski definition) is 1. The first-order chi connectivity index (χ1) is 16.7. The minimum absolute atomic E-state index is 0.0674. The standard InChI is InChI=1S/C26H33FN4O3/c27-18-20-17-22(9-12-25(20)29-33)28-21-7-10-24(11-8-21)34-19-26(32)31-14-4-13-30(15-16-31)23-5-2-1-3-6-23/h1-3,5-6,9,12,17,21,24,28H,4,7-8,10-11,13-16,18-19H2. The Balaban J connectivity index is 1.18. The lowest BCUT2D eigenvalue weighted by Crippen LogP contribution is -2.39. The van der Waals surface area contributed by atoms with Crippen molar-refractivity contribution in [2.24, 2.45) is 5.18 Å². The average Bonchev–Trinajstić information content (AvgIpc) is 3.15. The zero-order valence-electron chi connectivity index (χ0n) is 19.5. The van der Waals surface area contributed by atoms with Crippen LogP contribution in [0.5, 0.6) is 0 Å². The van der Waals surface area contributed by atoms with Gasteiger partial charge >= 0.3 is 0 Å². The van der Waals surface area contributed by atoms with Crippen LogP contribution in [0, 0.1) is 4.91 Å². The lowest BCUT2D eigenvalue weighted by atomic mass is 9.92. The summed E-state index contributed by atoms with van der Waals surface area (Å²) in [5, 5.41) is 6.29. The molecule has 4 rings (SSSR count). The van der Waals surface area contributed by atoms with Crippen molar-refractivity contribution in [1.82, 2.24) is 4.90 Å². The topological polar surface area (TPSA) is 74.2 Å². The van der Waals surface area contributed by atoms with Gasteiger partial charge in [0.1, 0.15) is 19.0 Å². The first-order valence-electron chi connectivity index (χ1n) is 12.1. The molecule has 1 amide bonds. The Morgan fingerprint density at radius 1 is 1.03 bits per heavy atom. The van der Waals surface area contributed by atoms with Crippen molar-refractivity contribution in [2.75, 3.05) is 43.0 Å². The lowest BCUT2D eigenvalue weighted by Gasteiger charge is -2.30. The molecule has 1 saturated carbocycles. The van der Waals surface area contributed by atoms with E-state index in [0.717, 1.165) is 57.4 Å². The zero-order valence-corrected chi connectivity index (χ0v) is 19.5. The Morgan fingerprint density at radius 3 is 2.56 bits per heavy atom. The first-order valence-corrected chi connectivity index (χ1v) is 12.1. The van der Waals surface area contributed by atoms with Gasteiger partial charge in [-0.3, -0.25) is 4.79 Å². The molecule has 1 N–H and O–H groups in total. The molecule has 0 radical (unpaired) electrons. The van der Waals surface area contributed by atoms with E-state index >= 15 is 0 Å². The Kier molecular flexibility index (Phi) is 8.46. The lowest BCUT2D eigenvalue weighted by molar-refractivity contribution is -0.138. The molecule has 8 heteroatoms. The van der Waals surface area contributed by atoms with Crippen LogP contribution in [0.3, 0.4) is 0 Å². The Hall–Kier alpha value is -3.00. The highest BCUT2D eigenvalue weighted by Gasteiger charge is 2.24. The molecule has 1 aliphatic carbocycles. The van der Waals surface area contributed by atoms with Crippen LogP contribution >= 0.6 is 0 Å². The molecule has 182 valence electrons. The molecular formula is C26H33FN4O3. The number of carbonyl (C=O) groups excluding carboxylic acids is 1. The van der Waals surface area contributed by atoms with Gasteiger partial charge in [0.2, 0.25) is 5.91 Å².